The van der Waals surface area contributed by atoms with E-state index in [0.29, 0.717) is 24.0 Å². The summed E-state index contributed by atoms with van der Waals surface area (Å²) in [6, 6.07) is 4.89. The topological polar surface area (TPSA) is 103 Å². The second-order valence-electron chi connectivity index (χ2n) is 4.34. The van der Waals surface area contributed by atoms with Crippen molar-refractivity contribution in [1.82, 2.24) is 10.1 Å². The van der Waals surface area contributed by atoms with Crippen molar-refractivity contribution in [1.29, 1.82) is 0 Å². The number of anilines is 1. The number of para-hydroxylation sites is 1. The molecule has 1 aromatic carbocycles. The van der Waals surface area contributed by atoms with Crippen LogP contribution in [0.2, 0.25) is 0 Å². The Labute approximate surface area is 121 Å². The second-order valence-corrected chi connectivity index (χ2v) is 4.34. The average molecular weight is 292 g/mol. The number of rotatable bonds is 7. The number of ether oxygens (including phenoxy) is 1. The Morgan fingerprint density at radius 3 is 2.90 bits per heavy atom. The molecule has 1 heterocycles. The van der Waals surface area contributed by atoms with Crippen molar-refractivity contribution in [2.45, 2.75) is 26.8 Å². The molecule has 0 spiro atoms. The van der Waals surface area contributed by atoms with E-state index in [9.17, 15) is 10.1 Å². The highest BCUT2D eigenvalue weighted by Gasteiger charge is 2.21. The van der Waals surface area contributed by atoms with Gasteiger partial charge < -0.3 is 14.6 Å². The van der Waals surface area contributed by atoms with Crippen molar-refractivity contribution >= 4 is 11.4 Å². The molecule has 2 aromatic rings. The molecular weight excluding hydrogens is 276 g/mol. The second kappa shape index (κ2) is 6.69. The minimum absolute atomic E-state index is 0.0915. The predicted molar refractivity (Wildman–Crippen MR) is 75.2 cm³/mol. The molecule has 0 atom stereocenters. The summed E-state index contributed by atoms with van der Waals surface area (Å²) in [5.74, 6) is 1.12. The van der Waals surface area contributed by atoms with E-state index in [1.165, 1.54) is 0 Å². The van der Waals surface area contributed by atoms with Gasteiger partial charge >= 0.3 is 5.69 Å². The minimum atomic E-state index is -0.463. The largest absolute Gasteiger partial charge is 0.487 e. The summed E-state index contributed by atoms with van der Waals surface area (Å²) in [7, 11) is 0. The summed E-state index contributed by atoms with van der Waals surface area (Å²) in [4.78, 5) is 14.8. The highest BCUT2D eigenvalue weighted by Crippen LogP contribution is 2.34. The van der Waals surface area contributed by atoms with Gasteiger partial charge in [-0.3, -0.25) is 10.1 Å². The van der Waals surface area contributed by atoms with Gasteiger partial charge in [-0.15, -0.1) is 0 Å². The van der Waals surface area contributed by atoms with Crippen LogP contribution in [0.25, 0.3) is 0 Å². The van der Waals surface area contributed by atoms with Crippen LogP contribution in [0.4, 0.5) is 11.4 Å². The van der Waals surface area contributed by atoms with E-state index in [1.807, 2.05) is 6.92 Å². The molecule has 0 fully saturated rings. The van der Waals surface area contributed by atoms with Gasteiger partial charge in [-0.1, -0.05) is 18.1 Å². The number of nitrogens with zero attached hydrogens (tertiary/aromatic N) is 3. The summed E-state index contributed by atoms with van der Waals surface area (Å²) >= 11 is 0. The van der Waals surface area contributed by atoms with Crippen molar-refractivity contribution in [2.24, 2.45) is 0 Å². The van der Waals surface area contributed by atoms with Crippen LogP contribution in [0.1, 0.15) is 25.1 Å². The summed E-state index contributed by atoms with van der Waals surface area (Å²) in [5.41, 5.74) is 0.266. The molecule has 0 aliphatic carbocycles. The van der Waals surface area contributed by atoms with Gasteiger partial charge in [0.15, 0.2) is 11.6 Å². The maximum atomic E-state index is 11.3. The molecule has 0 saturated carbocycles. The third-order valence-corrected chi connectivity index (χ3v) is 2.65. The normalized spacial score (nSPS) is 10.4. The molecule has 1 aromatic heterocycles. The number of aryl methyl sites for hydroxylation is 1. The van der Waals surface area contributed by atoms with Gasteiger partial charge in [-0.05, 0) is 18.6 Å². The predicted octanol–water partition coefficient (Wildman–Crippen LogP) is 2.69. The third-order valence-electron chi connectivity index (χ3n) is 2.65. The number of hydrogen-bond donors (Lipinski definition) is 1. The van der Waals surface area contributed by atoms with Crippen molar-refractivity contribution < 1.29 is 14.2 Å². The van der Waals surface area contributed by atoms with E-state index in [-0.39, 0.29) is 18.0 Å². The van der Waals surface area contributed by atoms with Crippen LogP contribution in [0.15, 0.2) is 22.7 Å². The van der Waals surface area contributed by atoms with Crippen LogP contribution < -0.4 is 10.1 Å². The number of aromatic nitrogens is 2. The molecule has 8 heteroatoms. The fraction of sp³-hybridized carbons (Fsp3) is 0.385. The highest BCUT2D eigenvalue weighted by atomic mass is 16.6. The summed E-state index contributed by atoms with van der Waals surface area (Å²) in [6.07, 6.45) is 0.775. The molecule has 0 aliphatic heterocycles. The Hall–Kier alpha value is -2.64. The van der Waals surface area contributed by atoms with Gasteiger partial charge in [0, 0.05) is 6.92 Å². The zero-order valence-corrected chi connectivity index (χ0v) is 11.8. The van der Waals surface area contributed by atoms with Crippen LogP contribution in [-0.2, 0) is 6.54 Å². The number of nitro groups is 1. The zero-order valence-electron chi connectivity index (χ0n) is 11.8. The SMILES string of the molecule is CCCOc1cccc(NCc2noc(C)n2)c1[N+](=O)[O-]. The lowest BCUT2D eigenvalue weighted by Gasteiger charge is -2.09. The first-order valence-electron chi connectivity index (χ1n) is 6.55. The average Bonchev–Trinajstić information content (AvgIpc) is 2.88. The van der Waals surface area contributed by atoms with Crippen LogP contribution in [-0.4, -0.2) is 21.7 Å². The van der Waals surface area contributed by atoms with E-state index in [1.54, 1.807) is 25.1 Å². The first-order valence-corrected chi connectivity index (χ1v) is 6.55. The van der Waals surface area contributed by atoms with Crippen LogP contribution >= 0.6 is 0 Å². The molecule has 1 N–H and O–H groups in total. The number of hydrogen-bond acceptors (Lipinski definition) is 7. The Kier molecular flexibility index (Phi) is 4.70. The fourth-order valence-electron chi connectivity index (χ4n) is 1.77. The molecule has 0 saturated heterocycles. The fourth-order valence-corrected chi connectivity index (χ4v) is 1.77. The molecule has 2 rings (SSSR count). The molecule has 8 nitrogen and oxygen atoms in total. The van der Waals surface area contributed by atoms with Crippen molar-refractivity contribution in [3.8, 4) is 5.75 Å². The van der Waals surface area contributed by atoms with E-state index in [0.717, 1.165) is 6.42 Å². The van der Waals surface area contributed by atoms with Gasteiger partial charge in [0.1, 0.15) is 5.69 Å². The number of nitro benzene ring substituents is 1. The molecule has 112 valence electrons. The van der Waals surface area contributed by atoms with Crippen molar-refractivity contribution in [2.75, 3.05) is 11.9 Å². The third kappa shape index (κ3) is 3.68. The van der Waals surface area contributed by atoms with Crippen molar-refractivity contribution in [3.05, 3.63) is 40.0 Å². The Morgan fingerprint density at radius 1 is 1.48 bits per heavy atom. The summed E-state index contributed by atoms with van der Waals surface area (Å²) in [5, 5.41) is 17.9. The van der Waals surface area contributed by atoms with Crippen LogP contribution in [0, 0.1) is 17.0 Å². The van der Waals surface area contributed by atoms with E-state index < -0.39 is 4.92 Å². The lowest BCUT2D eigenvalue weighted by atomic mass is 10.2. The smallest absolute Gasteiger partial charge is 0.333 e. The molecule has 0 unspecified atom stereocenters. The molecule has 0 aliphatic rings. The molecule has 0 bridgehead atoms. The maximum absolute atomic E-state index is 11.3. The van der Waals surface area contributed by atoms with Crippen molar-refractivity contribution in [3.63, 3.8) is 0 Å². The lowest BCUT2D eigenvalue weighted by Crippen LogP contribution is -2.06. The molecular formula is C13H16N4O4. The van der Waals surface area contributed by atoms with E-state index >= 15 is 0 Å². The lowest BCUT2D eigenvalue weighted by molar-refractivity contribution is -0.385. The van der Waals surface area contributed by atoms with Gasteiger partial charge in [0.25, 0.3) is 0 Å². The Morgan fingerprint density at radius 2 is 2.29 bits per heavy atom. The van der Waals surface area contributed by atoms with Gasteiger partial charge in [-0.2, -0.15) is 4.98 Å². The molecule has 21 heavy (non-hydrogen) atoms. The highest BCUT2D eigenvalue weighted by molar-refractivity contribution is 5.68. The van der Waals surface area contributed by atoms with E-state index in [2.05, 4.69) is 15.5 Å². The number of benzene rings is 1. The summed E-state index contributed by atoms with van der Waals surface area (Å²) < 4.78 is 10.3. The zero-order chi connectivity index (χ0) is 15.2. The first-order chi connectivity index (χ1) is 10.1. The van der Waals surface area contributed by atoms with Gasteiger partial charge in [-0.25, -0.2) is 0 Å². The molecule has 0 radical (unpaired) electrons. The van der Waals surface area contributed by atoms with E-state index in [4.69, 9.17) is 9.26 Å². The molecule has 0 amide bonds. The van der Waals surface area contributed by atoms with Gasteiger partial charge in [0.2, 0.25) is 5.89 Å². The maximum Gasteiger partial charge on any atom is 0.333 e. The Bertz CT molecular complexity index is 626. The van der Waals surface area contributed by atoms with Crippen LogP contribution in [0.5, 0.6) is 5.75 Å². The quantitative estimate of drug-likeness (QED) is 0.618. The first kappa shape index (κ1) is 14.8. The Balaban J connectivity index is 2.19. The minimum Gasteiger partial charge on any atom is -0.487 e. The monoisotopic (exact) mass is 292 g/mol. The van der Waals surface area contributed by atoms with Gasteiger partial charge in [0.05, 0.1) is 18.1 Å². The van der Waals surface area contributed by atoms with Crippen LogP contribution in [0.3, 0.4) is 0 Å². The number of nitrogens with one attached hydrogen (secondary N) is 1. The summed E-state index contributed by atoms with van der Waals surface area (Å²) in [6.45, 7) is 4.27. The standard InChI is InChI=1S/C13H16N4O4/c1-3-7-20-11-6-4-5-10(13(11)17(18)19)14-8-12-15-9(2)21-16-12/h4-6,14H,3,7-8H2,1-2H3.